The highest BCUT2D eigenvalue weighted by Gasteiger charge is 2.06. The summed E-state index contributed by atoms with van der Waals surface area (Å²) < 4.78 is 0. The van der Waals surface area contributed by atoms with E-state index in [9.17, 15) is 4.79 Å². The number of aliphatic imine (C=N–C) groups is 1. The summed E-state index contributed by atoms with van der Waals surface area (Å²) in [7, 11) is 1.49. The molecule has 0 saturated carbocycles. The van der Waals surface area contributed by atoms with Crippen molar-refractivity contribution in [2.24, 2.45) is 4.99 Å². The number of allylic oxidation sites excluding steroid dienone is 1. The topological polar surface area (TPSA) is 49.7 Å². The first-order chi connectivity index (χ1) is 5.07. The van der Waals surface area contributed by atoms with Crippen molar-refractivity contribution in [2.45, 2.75) is 19.8 Å². The summed E-state index contributed by atoms with van der Waals surface area (Å²) in [5, 5.41) is 8.53. The highest BCUT2D eigenvalue weighted by Crippen LogP contribution is 2.01. The zero-order chi connectivity index (χ0) is 8.85. The summed E-state index contributed by atoms with van der Waals surface area (Å²) >= 11 is 0. The molecule has 0 spiro atoms. The van der Waals surface area contributed by atoms with Crippen LogP contribution in [-0.4, -0.2) is 23.8 Å². The van der Waals surface area contributed by atoms with Crippen LogP contribution in [0.25, 0.3) is 0 Å². The lowest BCUT2D eigenvalue weighted by Crippen LogP contribution is -2.12. The Kier molecular flexibility index (Phi) is 4.18. The van der Waals surface area contributed by atoms with Crippen LogP contribution < -0.4 is 0 Å². The minimum atomic E-state index is -0.936. The van der Waals surface area contributed by atoms with Crippen LogP contribution in [-0.2, 0) is 4.79 Å². The summed E-state index contributed by atoms with van der Waals surface area (Å²) in [6.45, 7) is 5.54. The maximum atomic E-state index is 10.4. The predicted octanol–water partition coefficient (Wildman–Crippen LogP) is 1.50. The van der Waals surface area contributed by atoms with Crippen molar-refractivity contribution >= 4 is 11.7 Å². The van der Waals surface area contributed by atoms with E-state index in [0.29, 0.717) is 12.8 Å². The van der Waals surface area contributed by atoms with Gasteiger partial charge in [0.15, 0.2) is 0 Å². The van der Waals surface area contributed by atoms with E-state index >= 15 is 0 Å². The molecule has 0 saturated heterocycles. The van der Waals surface area contributed by atoms with E-state index < -0.39 is 5.97 Å². The van der Waals surface area contributed by atoms with Crippen LogP contribution in [0.2, 0.25) is 0 Å². The first-order valence-corrected chi connectivity index (χ1v) is 3.41. The number of rotatable bonds is 4. The molecule has 0 aromatic carbocycles. The number of aliphatic carboxylic acids is 1. The molecule has 3 nitrogen and oxygen atoms in total. The normalized spacial score (nSPS) is 11.3. The molecule has 0 heterocycles. The fourth-order valence-corrected chi connectivity index (χ4v) is 0.646. The van der Waals surface area contributed by atoms with Crippen molar-refractivity contribution in [3.05, 3.63) is 12.2 Å². The van der Waals surface area contributed by atoms with Gasteiger partial charge in [0.25, 0.3) is 0 Å². The van der Waals surface area contributed by atoms with Gasteiger partial charge in [-0.25, -0.2) is 4.79 Å². The maximum Gasteiger partial charge on any atom is 0.349 e. The number of carboxylic acid groups (broad SMARTS) is 1. The second kappa shape index (κ2) is 4.66. The molecule has 0 radical (unpaired) electrons. The molecule has 0 fully saturated rings. The Morgan fingerprint density at radius 2 is 2.09 bits per heavy atom. The van der Waals surface area contributed by atoms with E-state index in [2.05, 4.69) is 11.6 Å². The van der Waals surface area contributed by atoms with Crippen molar-refractivity contribution in [3.8, 4) is 0 Å². The Balaban J connectivity index is 3.92. The van der Waals surface area contributed by atoms with Gasteiger partial charge in [-0.1, -0.05) is 5.57 Å². The molecule has 62 valence electrons. The Bertz CT molecular complexity index is 194. The molecule has 0 aliphatic heterocycles. The smallest absolute Gasteiger partial charge is 0.349 e. The van der Waals surface area contributed by atoms with Gasteiger partial charge in [-0.05, 0) is 13.3 Å². The molecule has 0 aromatic heterocycles. The summed E-state index contributed by atoms with van der Waals surface area (Å²) in [5.41, 5.74) is 1.19. The molecule has 0 amide bonds. The van der Waals surface area contributed by atoms with E-state index in [1.54, 1.807) is 0 Å². The van der Waals surface area contributed by atoms with Gasteiger partial charge in [-0.2, -0.15) is 0 Å². The van der Waals surface area contributed by atoms with E-state index in [1.807, 2.05) is 6.92 Å². The van der Waals surface area contributed by atoms with Crippen LogP contribution in [0.15, 0.2) is 17.1 Å². The van der Waals surface area contributed by atoms with Crippen LogP contribution in [0.5, 0.6) is 0 Å². The van der Waals surface area contributed by atoms with Gasteiger partial charge in [0.05, 0.1) is 0 Å². The number of hydrogen-bond donors (Lipinski definition) is 1. The largest absolute Gasteiger partial charge is 0.477 e. The van der Waals surface area contributed by atoms with E-state index in [1.165, 1.54) is 7.05 Å². The van der Waals surface area contributed by atoms with Gasteiger partial charge >= 0.3 is 5.97 Å². The number of carbonyl (C=O) groups is 1. The van der Waals surface area contributed by atoms with Crippen LogP contribution in [0.1, 0.15) is 19.8 Å². The second-order valence-electron chi connectivity index (χ2n) is 2.43. The molecule has 0 rings (SSSR count). The zero-order valence-electron chi connectivity index (χ0n) is 6.92. The lowest BCUT2D eigenvalue weighted by molar-refractivity contribution is -0.129. The van der Waals surface area contributed by atoms with E-state index in [0.717, 1.165) is 5.57 Å². The highest BCUT2D eigenvalue weighted by atomic mass is 16.4. The van der Waals surface area contributed by atoms with Crippen molar-refractivity contribution in [1.82, 2.24) is 0 Å². The molecule has 0 aliphatic rings. The van der Waals surface area contributed by atoms with Crippen molar-refractivity contribution < 1.29 is 9.90 Å². The van der Waals surface area contributed by atoms with Gasteiger partial charge in [-0.3, -0.25) is 4.99 Å². The van der Waals surface area contributed by atoms with Gasteiger partial charge < -0.3 is 5.11 Å². The van der Waals surface area contributed by atoms with Crippen molar-refractivity contribution in [3.63, 3.8) is 0 Å². The summed E-state index contributed by atoms with van der Waals surface area (Å²) in [6, 6.07) is 0. The lowest BCUT2D eigenvalue weighted by atomic mass is 10.1. The first-order valence-electron chi connectivity index (χ1n) is 3.41. The summed E-state index contributed by atoms with van der Waals surface area (Å²) in [5.74, 6) is -0.936. The Morgan fingerprint density at radius 1 is 1.55 bits per heavy atom. The highest BCUT2D eigenvalue weighted by molar-refractivity contribution is 6.35. The molecule has 0 aromatic rings. The second-order valence-corrected chi connectivity index (χ2v) is 2.43. The fraction of sp³-hybridized carbons (Fsp3) is 0.500. The molecule has 11 heavy (non-hydrogen) atoms. The average molecular weight is 155 g/mol. The lowest BCUT2D eigenvalue weighted by Gasteiger charge is -1.98. The third kappa shape index (κ3) is 4.31. The molecule has 0 bridgehead atoms. The van der Waals surface area contributed by atoms with E-state index in [4.69, 9.17) is 5.11 Å². The van der Waals surface area contributed by atoms with Crippen molar-refractivity contribution in [2.75, 3.05) is 7.05 Å². The number of nitrogens with zero attached hydrogens (tertiary/aromatic N) is 1. The van der Waals surface area contributed by atoms with Gasteiger partial charge in [0.1, 0.15) is 5.71 Å². The number of hydrogen-bond acceptors (Lipinski definition) is 2. The quantitative estimate of drug-likeness (QED) is 0.494. The van der Waals surface area contributed by atoms with E-state index in [-0.39, 0.29) is 5.71 Å². The predicted molar refractivity (Wildman–Crippen MR) is 45.0 cm³/mol. The molecule has 0 aliphatic carbocycles. The third-order valence-electron chi connectivity index (χ3n) is 1.31. The van der Waals surface area contributed by atoms with Crippen LogP contribution in [0.4, 0.5) is 0 Å². The maximum absolute atomic E-state index is 10.4. The standard InChI is InChI=1S/C8H13NO2/c1-6(2)4-5-7(9-3)8(10)11/h1,4-5H2,2-3H3,(H,10,11). The van der Waals surface area contributed by atoms with Crippen LogP contribution in [0.3, 0.4) is 0 Å². The summed E-state index contributed by atoms with van der Waals surface area (Å²) in [4.78, 5) is 14.0. The Morgan fingerprint density at radius 3 is 2.36 bits per heavy atom. The minimum Gasteiger partial charge on any atom is -0.477 e. The summed E-state index contributed by atoms with van der Waals surface area (Å²) in [6.07, 6.45) is 1.17. The SMILES string of the molecule is C=C(C)CCC(=NC)C(=O)O. The van der Waals surface area contributed by atoms with Gasteiger partial charge in [-0.15, -0.1) is 6.58 Å². The van der Waals surface area contributed by atoms with Crippen molar-refractivity contribution in [1.29, 1.82) is 0 Å². The van der Waals surface area contributed by atoms with Crippen LogP contribution in [0, 0.1) is 0 Å². The molecular formula is C8H13NO2. The zero-order valence-corrected chi connectivity index (χ0v) is 6.92. The minimum absolute atomic E-state index is 0.216. The van der Waals surface area contributed by atoms with Crippen LogP contribution >= 0.6 is 0 Å². The van der Waals surface area contributed by atoms with Gasteiger partial charge in [0, 0.05) is 13.5 Å². The average Bonchev–Trinajstić information content (AvgIpc) is 1.87. The molecule has 0 atom stereocenters. The fourth-order valence-electron chi connectivity index (χ4n) is 0.646. The molecule has 3 heteroatoms. The molecule has 1 N–H and O–H groups in total. The Hall–Kier alpha value is -1.12. The first kappa shape index (κ1) is 9.88. The van der Waals surface area contributed by atoms with Gasteiger partial charge in [0.2, 0.25) is 0 Å². The number of carboxylic acids is 1. The third-order valence-corrected chi connectivity index (χ3v) is 1.31. The molecule has 0 unspecified atom stereocenters. The Labute approximate surface area is 66.5 Å². The monoisotopic (exact) mass is 155 g/mol. The molecular weight excluding hydrogens is 142 g/mol.